The number of carbonyl (C=O) groups is 3. The van der Waals surface area contributed by atoms with Crippen LogP contribution in [0.1, 0.15) is 115 Å². The largest absolute Gasteiger partial charge is 0.341 e. The van der Waals surface area contributed by atoms with Gasteiger partial charge in [-0.3, -0.25) is 14.5 Å². The Labute approximate surface area is 209 Å². The van der Waals surface area contributed by atoms with Gasteiger partial charge in [-0.1, -0.05) is 34.6 Å². The van der Waals surface area contributed by atoms with Crippen LogP contribution in [0.3, 0.4) is 0 Å². The van der Waals surface area contributed by atoms with Crippen LogP contribution in [0.25, 0.3) is 0 Å². The van der Waals surface area contributed by atoms with E-state index in [-0.39, 0.29) is 41.2 Å². The molecule has 5 nitrogen and oxygen atoms in total. The van der Waals surface area contributed by atoms with Gasteiger partial charge in [0.05, 0.1) is 11.1 Å². The minimum atomic E-state index is -0.683. The van der Waals surface area contributed by atoms with Crippen LogP contribution >= 0.6 is 0 Å². The topological polar surface area (TPSA) is 66.5 Å². The molecule has 0 amide bonds. The molecule has 6 heteroatoms. The second-order valence-electron chi connectivity index (χ2n) is 13.7. The van der Waals surface area contributed by atoms with Crippen LogP contribution in [-0.4, -0.2) is 52.7 Å². The Morgan fingerprint density at radius 2 is 1.53 bits per heavy atom. The van der Waals surface area contributed by atoms with Gasteiger partial charge in [-0.05, 0) is 96.8 Å². The third-order valence-corrected chi connectivity index (χ3v) is 9.76. The fourth-order valence-electron chi connectivity index (χ4n) is 7.30. The molecule has 1 N–H and O–H groups in total. The Morgan fingerprint density at radius 1 is 0.971 bits per heavy atom. The van der Waals surface area contributed by atoms with Gasteiger partial charge in [-0.15, -0.1) is 0 Å². The zero-order valence-corrected chi connectivity index (χ0v) is 24.0. The van der Waals surface area contributed by atoms with Crippen LogP contribution in [0.15, 0.2) is 0 Å². The third-order valence-electron chi connectivity index (χ3n) is 9.76. The van der Waals surface area contributed by atoms with Crippen LogP contribution in [0.5, 0.6) is 0 Å². The molecule has 3 rings (SSSR count). The van der Waals surface area contributed by atoms with Crippen LogP contribution in [-0.2, 0) is 14.4 Å². The molecule has 3 aliphatic rings. The highest BCUT2D eigenvalue weighted by atomic mass is 16.1. The van der Waals surface area contributed by atoms with Crippen molar-refractivity contribution in [2.45, 2.75) is 131 Å². The highest BCUT2D eigenvalue weighted by Gasteiger charge is 2.54. The molecule has 2 aliphatic heterocycles. The molecule has 194 valence electrons. The summed E-state index contributed by atoms with van der Waals surface area (Å²) in [5, 5.41) is 3.30. The second kappa shape index (κ2) is 9.80. The van der Waals surface area contributed by atoms with Crippen molar-refractivity contribution in [3.05, 3.63) is 0 Å². The van der Waals surface area contributed by atoms with E-state index in [1.54, 1.807) is 13.8 Å². The molecule has 0 aromatic rings. The number of carbonyl (C=O) groups excluding carboxylic acids is 3. The molecule has 34 heavy (non-hydrogen) atoms. The van der Waals surface area contributed by atoms with Gasteiger partial charge in [0.1, 0.15) is 17.2 Å². The van der Waals surface area contributed by atoms with E-state index in [9.17, 15) is 14.4 Å². The van der Waals surface area contributed by atoms with Gasteiger partial charge in [0.2, 0.25) is 0 Å². The molecule has 3 unspecified atom stereocenters. The first-order valence-corrected chi connectivity index (χ1v) is 13.4. The standard InChI is InChI=1S/C28H51BN2O3/c1-12-27(10,20(4)33)30-29-23(34)28(11,13-2)31-17-21-14-26(9,15-21)16-22(19(3)32)24(5,6)18-25(31,7)8/h21-22,29-30H,12-18H2,1-11H3. The molecule has 3 fully saturated rings. The molecular formula is C28H51BN2O3. The lowest BCUT2D eigenvalue weighted by molar-refractivity contribution is -0.141. The maximum Gasteiger partial charge on any atom is 0.286 e. The minimum Gasteiger partial charge on any atom is -0.341 e. The summed E-state index contributed by atoms with van der Waals surface area (Å²) in [5.41, 5.74) is -1.39. The number of nitrogens with zero attached hydrogens (tertiary/aromatic N) is 1. The van der Waals surface area contributed by atoms with Crippen molar-refractivity contribution >= 4 is 24.7 Å². The first kappa shape index (κ1) is 29.2. The van der Waals surface area contributed by atoms with Crippen LogP contribution in [0, 0.1) is 22.7 Å². The Kier molecular flexibility index (Phi) is 8.43. The zero-order chi connectivity index (χ0) is 26.3. The Bertz CT molecular complexity index is 801. The molecule has 1 saturated carbocycles. The summed E-state index contributed by atoms with van der Waals surface area (Å²) in [5.74, 6) is 0.928. The Balaban J connectivity index is 2.43. The van der Waals surface area contributed by atoms with E-state index in [4.69, 9.17) is 0 Å². The average molecular weight is 475 g/mol. The molecule has 2 heterocycles. The van der Waals surface area contributed by atoms with E-state index < -0.39 is 11.1 Å². The summed E-state index contributed by atoms with van der Waals surface area (Å²) >= 11 is 0. The quantitative estimate of drug-likeness (QED) is 0.482. The lowest BCUT2D eigenvalue weighted by Crippen LogP contribution is -2.67. The second-order valence-corrected chi connectivity index (χ2v) is 13.7. The Hall–Kier alpha value is -1.01. The fourth-order valence-corrected chi connectivity index (χ4v) is 7.30. The number of hydrogen-bond acceptors (Lipinski definition) is 5. The van der Waals surface area contributed by atoms with Gasteiger partial charge in [0, 0.05) is 18.0 Å². The van der Waals surface area contributed by atoms with Crippen LogP contribution < -0.4 is 5.23 Å². The molecule has 1 aliphatic carbocycles. The van der Waals surface area contributed by atoms with Crippen LogP contribution in [0.4, 0.5) is 0 Å². The summed E-state index contributed by atoms with van der Waals surface area (Å²) in [4.78, 5) is 41.3. The number of rotatable bonds is 9. The first-order valence-electron chi connectivity index (χ1n) is 13.4. The average Bonchev–Trinajstić information content (AvgIpc) is 2.69. The van der Waals surface area contributed by atoms with Gasteiger partial charge in [0.25, 0.3) is 7.41 Å². The van der Waals surface area contributed by atoms with Gasteiger partial charge in [-0.2, -0.15) is 0 Å². The molecule has 0 aromatic heterocycles. The van der Waals surface area contributed by atoms with Crippen molar-refractivity contribution in [3.8, 4) is 0 Å². The van der Waals surface area contributed by atoms with Crippen molar-refractivity contribution in [3.63, 3.8) is 0 Å². The smallest absolute Gasteiger partial charge is 0.286 e. The van der Waals surface area contributed by atoms with E-state index in [0.29, 0.717) is 24.5 Å². The van der Waals surface area contributed by atoms with Crippen LogP contribution in [0.2, 0.25) is 0 Å². The van der Waals surface area contributed by atoms with E-state index in [1.807, 2.05) is 13.8 Å². The van der Waals surface area contributed by atoms with Crippen molar-refractivity contribution in [2.24, 2.45) is 22.7 Å². The molecule has 3 atom stereocenters. The van der Waals surface area contributed by atoms with Gasteiger partial charge >= 0.3 is 0 Å². The third kappa shape index (κ3) is 5.69. The monoisotopic (exact) mass is 474 g/mol. The number of nitrogens with one attached hydrogen (secondary N) is 1. The van der Waals surface area contributed by atoms with Gasteiger partial charge in [-0.25, -0.2) is 0 Å². The Morgan fingerprint density at radius 3 is 1.97 bits per heavy atom. The molecule has 0 aromatic carbocycles. The number of Topliss-reactive ketones (excluding diaryl/α,β-unsaturated/α-hetero) is 2. The molecule has 2 bridgehead atoms. The van der Waals surface area contributed by atoms with Crippen molar-refractivity contribution < 1.29 is 14.4 Å². The van der Waals surface area contributed by atoms with Gasteiger partial charge in [0.15, 0.2) is 0 Å². The maximum atomic E-state index is 13.9. The first-order chi connectivity index (χ1) is 15.4. The summed E-state index contributed by atoms with van der Waals surface area (Å²) in [6.45, 7) is 23.6. The fraction of sp³-hybridized carbons (Fsp3) is 0.893. The highest BCUT2D eigenvalue weighted by molar-refractivity contribution is 6.74. The van der Waals surface area contributed by atoms with Crippen molar-refractivity contribution in [2.75, 3.05) is 6.54 Å². The number of hydrogen-bond donors (Lipinski definition) is 1. The summed E-state index contributed by atoms with van der Waals surface area (Å²) in [6.07, 6.45) is 5.41. The lowest BCUT2D eigenvalue weighted by Gasteiger charge is -2.59. The number of fused-ring (bicyclic) bond motifs is 6. The maximum absolute atomic E-state index is 13.9. The lowest BCUT2D eigenvalue weighted by atomic mass is 9.54. The molecule has 0 spiro atoms. The van der Waals surface area contributed by atoms with E-state index >= 15 is 0 Å². The molecule has 2 saturated heterocycles. The van der Waals surface area contributed by atoms with Gasteiger partial charge < -0.3 is 10.0 Å². The summed E-state index contributed by atoms with van der Waals surface area (Å²) < 4.78 is 0. The zero-order valence-electron chi connectivity index (χ0n) is 24.0. The van der Waals surface area contributed by atoms with E-state index in [2.05, 4.69) is 58.6 Å². The van der Waals surface area contributed by atoms with E-state index in [0.717, 1.165) is 32.2 Å². The van der Waals surface area contributed by atoms with E-state index in [1.165, 1.54) is 0 Å². The normalized spacial score (nSPS) is 32.4. The number of ketones is 2. The minimum absolute atomic E-state index is 0.0313. The summed E-state index contributed by atoms with van der Waals surface area (Å²) in [6, 6.07) is 0. The SMILES string of the molecule is CCC(C)(NBC(=O)C(C)(CC)N1CC2CC(C)(C2)CC(C(C)=O)C(C)(C)CC1(C)C)C(C)=O. The molecule has 0 radical (unpaired) electrons. The molecular weight excluding hydrogens is 423 g/mol. The summed E-state index contributed by atoms with van der Waals surface area (Å²) in [7, 11) is 0.183. The predicted molar refractivity (Wildman–Crippen MR) is 142 cm³/mol. The highest BCUT2D eigenvalue weighted by Crippen LogP contribution is 2.56. The predicted octanol–water partition coefficient (Wildman–Crippen LogP) is 4.90. The van der Waals surface area contributed by atoms with Crippen molar-refractivity contribution in [1.82, 2.24) is 10.1 Å². The van der Waals surface area contributed by atoms with Crippen molar-refractivity contribution in [1.29, 1.82) is 0 Å².